The van der Waals surface area contributed by atoms with Crippen molar-refractivity contribution in [2.75, 3.05) is 13.2 Å². The molecule has 0 aliphatic carbocycles. The number of nitro groups is 2. The van der Waals surface area contributed by atoms with Crippen molar-refractivity contribution in [2.24, 2.45) is 0 Å². The van der Waals surface area contributed by atoms with Gasteiger partial charge in [-0.1, -0.05) is 25.7 Å². The zero-order chi connectivity index (χ0) is 24.8. The number of ether oxygens (including phenoxy) is 4. The van der Waals surface area contributed by atoms with Gasteiger partial charge in [0.15, 0.2) is 0 Å². The molecule has 34 heavy (non-hydrogen) atoms. The normalized spacial score (nSPS) is 10.2. The molecule has 2 aromatic carbocycles. The first kappa shape index (κ1) is 26.0. The number of carbonyl (C=O) groups is 2. The molecular weight excluding hydrogens is 452 g/mol. The van der Waals surface area contributed by atoms with Crippen molar-refractivity contribution in [1.29, 1.82) is 0 Å². The van der Waals surface area contributed by atoms with Gasteiger partial charge in [0.05, 0.1) is 23.1 Å². The van der Waals surface area contributed by atoms with Crippen LogP contribution in [0.1, 0.15) is 38.5 Å². The lowest BCUT2D eigenvalue weighted by atomic mass is 10.1. The molecule has 0 heterocycles. The van der Waals surface area contributed by atoms with Crippen LogP contribution in [-0.4, -0.2) is 35.4 Å². The molecule has 12 heteroatoms. The van der Waals surface area contributed by atoms with Gasteiger partial charge in [0.2, 0.25) is 0 Å². The highest BCUT2D eigenvalue weighted by atomic mass is 16.7. The summed E-state index contributed by atoms with van der Waals surface area (Å²) in [5.74, 6) is 0.323. The highest BCUT2D eigenvalue weighted by molar-refractivity contribution is 5.64. The van der Waals surface area contributed by atoms with Gasteiger partial charge in [-0.25, -0.2) is 9.59 Å². The van der Waals surface area contributed by atoms with Crippen molar-refractivity contribution >= 4 is 23.7 Å². The van der Waals surface area contributed by atoms with Crippen LogP contribution < -0.4 is 9.47 Å². The minimum absolute atomic E-state index is 0.102. The maximum absolute atomic E-state index is 11.6. The van der Waals surface area contributed by atoms with E-state index in [0.717, 1.165) is 25.7 Å². The average Bonchev–Trinajstić information content (AvgIpc) is 2.81. The van der Waals surface area contributed by atoms with E-state index in [1.54, 1.807) is 0 Å². The van der Waals surface area contributed by atoms with Crippen LogP contribution in [0.25, 0.3) is 0 Å². The summed E-state index contributed by atoms with van der Waals surface area (Å²) in [6, 6.07) is 10.2. The number of hydrogen-bond donors (Lipinski definition) is 0. The first-order valence-corrected chi connectivity index (χ1v) is 10.5. The Morgan fingerprint density at radius 1 is 0.588 bits per heavy atom. The smallest absolute Gasteiger partial charge is 0.434 e. The molecule has 0 aliphatic heterocycles. The topological polar surface area (TPSA) is 157 Å². The third-order valence-corrected chi connectivity index (χ3v) is 4.48. The van der Waals surface area contributed by atoms with E-state index < -0.39 is 22.2 Å². The number of carbonyl (C=O) groups excluding carboxylic acids is 2. The van der Waals surface area contributed by atoms with E-state index in [0.29, 0.717) is 12.8 Å². The lowest BCUT2D eigenvalue weighted by Crippen LogP contribution is -2.11. The van der Waals surface area contributed by atoms with Gasteiger partial charge >= 0.3 is 12.3 Å². The molecule has 0 aliphatic rings. The van der Waals surface area contributed by atoms with E-state index in [-0.39, 0.29) is 36.1 Å². The Labute approximate surface area is 194 Å². The van der Waals surface area contributed by atoms with Crippen LogP contribution in [0.4, 0.5) is 21.0 Å². The molecule has 0 fully saturated rings. The summed E-state index contributed by atoms with van der Waals surface area (Å²) in [4.78, 5) is 43.3. The van der Waals surface area contributed by atoms with Crippen LogP contribution in [-0.2, 0) is 9.47 Å². The Hall–Kier alpha value is -4.22. The zero-order valence-corrected chi connectivity index (χ0v) is 18.3. The second-order valence-corrected chi connectivity index (χ2v) is 7.02. The molecule has 0 amide bonds. The Morgan fingerprint density at radius 3 is 1.24 bits per heavy atom. The Kier molecular flexibility index (Phi) is 10.7. The van der Waals surface area contributed by atoms with Crippen molar-refractivity contribution in [3.63, 3.8) is 0 Å². The summed E-state index contributed by atoms with van der Waals surface area (Å²) < 4.78 is 19.8. The number of non-ortho nitro benzene ring substituents is 2. The maximum Gasteiger partial charge on any atom is 0.513 e. The molecule has 12 nitrogen and oxygen atoms in total. The van der Waals surface area contributed by atoms with Crippen molar-refractivity contribution < 1.29 is 38.4 Å². The van der Waals surface area contributed by atoms with Crippen LogP contribution in [0.2, 0.25) is 0 Å². The van der Waals surface area contributed by atoms with Gasteiger partial charge in [0.25, 0.3) is 11.4 Å². The van der Waals surface area contributed by atoms with Crippen LogP contribution in [0, 0.1) is 20.2 Å². The Bertz CT molecular complexity index is 881. The summed E-state index contributed by atoms with van der Waals surface area (Å²) >= 11 is 0. The number of nitrogens with zero attached hydrogens (tertiary/aromatic N) is 2. The van der Waals surface area contributed by atoms with Crippen LogP contribution in [0.15, 0.2) is 48.5 Å². The first-order valence-electron chi connectivity index (χ1n) is 10.5. The van der Waals surface area contributed by atoms with E-state index in [1.165, 1.54) is 48.5 Å². The molecule has 2 aromatic rings. The van der Waals surface area contributed by atoms with Gasteiger partial charge in [-0.05, 0) is 37.1 Å². The molecule has 0 spiro atoms. The molecule has 0 unspecified atom stereocenters. The number of benzene rings is 2. The Morgan fingerprint density at radius 2 is 0.912 bits per heavy atom. The van der Waals surface area contributed by atoms with Gasteiger partial charge < -0.3 is 18.9 Å². The molecule has 0 N–H and O–H groups in total. The standard InChI is InChI=1S/C22H24N2O10/c25-21(33-19-11-7-17(8-12-19)23(27)28)31-15-5-3-1-2-4-6-16-32-22(26)34-20-13-9-18(10-14-20)24(29)30/h7-14H,1-6,15-16H2. The number of rotatable bonds is 13. The predicted octanol–water partition coefficient (Wildman–Crippen LogP) is 5.57. The fraction of sp³-hybridized carbons (Fsp3) is 0.364. The van der Waals surface area contributed by atoms with E-state index >= 15 is 0 Å². The van der Waals surface area contributed by atoms with E-state index in [1.807, 2.05) is 0 Å². The van der Waals surface area contributed by atoms with Crippen molar-refractivity contribution in [3.8, 4) is 11.5 Å². The summed E-state index contributed by atoms with van der Waals surface area (Å²) in [6.45, 7) is 0.396. The molecule has 2 rings (SSSR count). The average molecular weight is 476 g/mol. The highest BCUT2D eigenvalue weighted by Crippen LogP contribution is 2.19. The lowest BCUT2D eigenvalue weighted by Gasteiger charge is -2.07. The fourth-order valence-corrected chi connectivity index (χ4v) is 2.75. The molecular formula is C22H24N2O10. The Balaban J connectivity index is 1.44. The largest absolute Gasteiger partial charge is 0.513 e. The third-order valence-electron chi connectivity index (χ3n) is 4.48. The van der Waals surface area contributed by atoms with E-state index in [9.17, 15) is 29.8 Å². The molecule has 0 radical (unpaired) electrons. The molecule has 0 saturated carbocycles. The van der Waals surface area contributed by atoms with Crippen LogP contribution in [0.5, 0.6) is 11.5 Å². The summed E-state index contributed by atoms with van der Waals surface area (Å²) in [7, 11) is 0. The third kappa shape index (κ3) is 9.94. The SMILES string of the molecule is O=C(OCCCCCCCCOC(=O)Oc1ccc([N+](=O)[O-])cc1)Oc1ccc([N+](=O)[O-])cc1. The maximum atomic E-state index is 11.6. The highest BCUT2D eigenvalue weighted by Gasteiger charge is 2.10. The summed E-state index contributed by atoms with van der Waals surface area (Å²) in [6.07, 6.45) is 3.09. The van der Waals surface area contributed by atoms with Crippen LogP contribution in [0.3, 0.4) is 0 Å². The van der Waals surface area contributed by atoms with Gasteiger partial charge in [0.1, 0.15) is 11.5 Å². The predicted molar refractivity (Wildman–Crippen MR) is 118 cm³/mol. The lowest BCUT2D eigenvalue weighted by molar-refractivity contribution is -0.385. The van der Waals surface area contributed by atoms with E-state index in [4.69, 9.17) is 18.9 Å². The monoisotopic (exact) mass is 476 g/mol. The number of hydrogen-bond acceptors (Lipinski definition) is 10. The second kappa shape index (κ2) is 14.0. The van der Waals surface area contributed by atoms with Gasteiger partial charge in [-0.15, -0.1) is 0 Å². The van der Waals surface area contributed by atoms with Crippen molar-refractivity contribution in [3.05, 3.63) is 68.8 Å². The molecule has 0 atom stereocenters. The molecule has 182 valence electrons. The number of nitro benzene ring substituents is 2. The second-order valence-electron chi connectivity index (χ2n) is 7.02. The van der Waals surface area contributed by atoms with Crippen molar-refractivity contribution in [2.45, 2.75) is 38.5 Å². The summed E-state index contributed by atoms with van der Waals surface area (Å²) in [5, 5.41) is 21.2. The summed E-state index contributed by atoms with van der Waals surface area (Å²) in [5.41, 5.74) is -0.205. The zero-order valence-electron chi connectivity index (χ0n) is 18.3. The van der Waals surface area contributed by atoms with Gasteiger partial charge in [0, 0.05) is 24.3 Å². The van der Waals surface area contributed by atoms with Crippen molar-refractivity contribution in [1.82, 2.24) is 0 Å². The fourth-order valence-electron chi connectivity index (χ4n) is 2.75. The molecule has 0 aromatic heterocycles. The van der Waals surface area contributed by atoms with Gasteiger partial charge in [-0.2, -0.15) is 0 Å². The first-order chi connectivity index (χ1) is 16.3. The van der Waals surface area contributed by atoms with Crippen LogP contribution >= 0.6 is 0 Å². The minimum atomic E-state index is -0.869. The number of unbranched alkanes of at least 4 members (excludes halogenated alkanes) is 5. The van der Waals surface area contributed by atoms with E-state index in [2.05, 4.69) is 0 Å². The molecule has 0 bridgehead atoms. The quantitative estimate of drug-likeness (QED) is 0.117. The minimum Gasteiger partial charge on any atom is -0.434 e. The van der Waals surface area contributed by atoms with Gasteiger partial charge in [-0.3, -0.25) is 20.2 Å². The molecule has 0 saturated heterocycles.